The number of halogens is 3. The van der Waals surface area contributed by atoms with Gasteiger partial charge in [-0.05, 0) is 25.0 Å². The molecule has 2 rings (SSSR count). The molecule has 1 atom stereocenters. The summed E-state index contributed by atoms with van der Waals surface area (Å²) in [6.45, 7) is 0.495. The molecule has 0 spiro atoms. The molecule has 2 heterocycles. The van der Waals surface area contributed by atoms with Crippen molar-refractivity contribution in [2.45, 2.75) is 25.1 Å². The molecular weight excluding hydrogens is 249 g/mol. The summed E-state index contributed by atoms with van der Waals surface area (Å²) in [7, 11) is 0. The highest BCUT2D eigenvalue weighted by atomic mass is 19.4. The molecule has 0 aromatic carbocycles. The molecule has 18 heavy (non-hydrogen) atoms. The molecule has 4 nitrogen and oxygen atoms in total. The molecule has 0 bridgehead atoms. The minimum absolute atomic E-state index is 0.271. The molecule has 1 aromatic rings. The molecule has 0 saturated carbocycles. The maximum Gasteiger partial charge on any atom is 0.417 e. The van der Waals surface area contributed by atoms with Gasteiger partial charge in [-0.1, -0.05) is 0 Å². The van der Waals surface area contributed by atoms with Crippen molar-refractivity contribution in [3.63, 3.8) is 0 Å². The molecule has 1 aliphatic heterocycles. The summed E-state index contributed by atoms with van der Waals surface area (Å²) in [5.74, 6) is -0.706. The molecule has 0 unspecified atom stereocenters. The number of pyridine rings is 1. The quantitative estimate of drug-likeness (QED) is 0.885. The van der Waals surface area contributed by atoms with E-state index in [2.05, 4.69) is 4.98 Å². The zero-order valence-corrected chi connectivity index (χ0v) is 9.31. The minimum Gasteiger partial charge on any atom is -0.480 e. The van der Waals surface area contributed by atoms with Crippen molar-refractivity contribution in [3.05, 3.63) is 23.9 Å². The molecule has 0 aliphatic carbocycles. The Labute approximate surface area is 101 Å². The fourth-order valence-corrected chi connectivity index (χ4v) is 2.02. The number of rotatable bonds is 2. The first kappa shape index (κ1) is 12.7. The lowest BCUT2D eigenvalue weighted by molar-refractivity contribution is -0.139. The van der Waals surface area contributed by atoms with Crippen LogP contribution in [0.4, 0.5) is 19.0 Å². The van der Waals surface area contributed by atoms with E-state index in [9.17, 15) is 18.0 Å². The number of alkyl halides is 3. The Morgan fingerprint density at radius 1 is 1.44 bits per heavy atom. The second-order valence-corrected chi connectivity index (χ2v) is 4.09. The third kappa shape index (κ3) is 2.39. The van der Waals surface area contributed by atoms with Crippen LogP contribution in [0.3, 0.4) is 0 Å². The van der Waals surface area contributed by atoms with Gasteiger partial charge in [0.05, 0.1) is 5.56 Å². The molecule has 98 valence electrons. The lowest BCUT2D eigenvalue weighted by Gasteiger charge is -2.22. The van der Waals surface area contributed by atoms with Crippen LogP contribution in [0.15, 0.2) is 18.3 Å². The predicted octanol–water partition coefficient (Wildman–Crippen LogP) is 2.15. The van der Waals surface area contributed by atoms with Crippen LogP contribution in [0.2, 0.25) is 0 Å². The minimum atomic E-state index is -4.43. The molecule has 1 fully saturated rings. The highest BCUT2D eigenvalue weighted by Crippen LogP contribution is 2.30. The largest absolute Gasteiger partial charge is 0.480 e. The molecule has 1 aliphatic rings. The van der Waals surface area contributed by atoms with Crippen molar-refractivity contribution in [2.24, 2.45) is 0 Å². The van der Waals surface area contributed by atoms with E-state index >= 15 is 0 Å². The first-order valence-corrected chi connectivity index (χ1v) is 5.42. The summed E-state index contributed by atoms with van der Waals surface area (Å²) in [6, 6.07) is 1.43. The van der Waals surface area contributed by atoms with Gasteiger partial charge in [-0.2, -0.15) is 13.2 Å². The van der Waals surface area contributed by atoms with Crippen LogP contribution in [-0.2, 0) is 11.0 Å². The van der Waals surface area contributed by atoms with Gasteiger partial charge in [-0.3, -0.25) is 0 Å². The number of carboxylic acid groups (broad SMARTS) is 1. The molecule has 1 N–H and O–H groups in total. The van der Waals surface area contributed by atoms with Gasteiger partial charge in [0.2, 0.25) is 0 Å². The fourth-order valence-electron chi connectivity index (χ4n) is 2.02. The van der Waals surface area contributed by atoms with Crippen LogP contribution in [0.25, 0.3) is 0 Å². The Morgan fingerprint density at radius 3 is 2.67 bits per heavy atom. The topological polar surface area (TPSA) is 53.4 Å². The predicted molar refractivity (Wildman–Crippen MR) is 57.2 cm³/mol. The zero-order valence-electron chi connectivity index (χ0n) is 9.31. The van der Waals surface area contributed by atoms with E-state index in [4.69, 9.17) is 5.11 Å². The Morgan fingerprint density at radius 2 is 2.17 bits per heavy atom. The van der Waals surface area contributed by atoms with Gasteiger partial charge in [0, 0.05) is 12.7 Å². The number of carbonyl (C=O) groups is 1. The van der Waals surface area contributed by atoms with Gasteiger partial charge >= 0.3 is 12.1 Å². The Hall–Kier alpha value is -1.79. The third-order valence-electron chi connectivity index (χ3n) is 2.91. The number of aliphatic carboxylic acids is 1. The Balaban J connectivity index is 2.22. The number of aromatic nitrogens is 1. The maximum absolute atomic E-state index is 12.4. The summed E-state index contributed by atoms with van der Waals surface area (Å²) in [5.41, 5.74) is -0.836. The normalized spacial score (nSPS) is 20.2. The van der Waals surface area contributed by atoms with E-state index < -0.39 is 23.8 Å². The number of carboxylic acids is 1. The van der Waals surface area contributed by atoms with E-state index in [0.29, 0.717) is 19.4 Å². The molecule has 0 radical (unpaired) electrons. The SMILES string of the molecule is O=C(O)[C@H]1CCCN1c1ccc(C(F)(F)F)cn1. The van der Waals surface area contributed by atoms with Crippen molar-refractivity contribution < 1.29 is 23.1 Å². The van der Waals surface area contributed by atoms with E-state index in [-0.39, 0.29) is 5.82 Å². The van der Waals surface area contributed by atoms with E-state index in [1.165, 1.54) is 11.0 Å². The summed E-state index contributed by atoms with van der Waals surface area (Å²) in [5, 5.41) is 8.98. The highest BCUT2D eigenvalue weighted by Gasteiger charge is 2.33. The highest BCUT2D eigenvalue weighted by molar-refractivity contribution is 5.78. The Bertz CT molecular complexity index is 445. The molecular formula is C11H11F3N2O2. The van der Waals surface area contributed by atoms with Gasteiger partial charge in [-0.25, -0.2) is 9.78 Å². The van der Waals surface area contributed by atoms with E-state index in [1.807, 2.05) is 0 Å². The van der Waals surface area contributed by atoms with Crippen LogP contribution < -0.4 is 4.90 Å². The van der Waals surface area contributed by atoms with Gasteiger partial charge in [0.15, 0.2) is 0 Å². The molecule has 0 amide bonds. The lowest BCUT2D eigenvalue weighted by Crippen LogP contribution is -2.36. The van der Waals surface area contributed by atoms with Gasteiger partial charge in [0.1, 0.15) is 11.9 Å². The summed E-state index contributed by atoms with van der Waals surface area (Å²) >= 11 is 0. The standard InChI is InChI=1S/C11H11F3N2O2/c12-11(13,14)7-3-4-9(15-6-7)16-5-1-2-8(16)10(17)18/h3-4,6,8H,1-2,5H2,(H,17,18)/t8-/m1/s1. The van der Waals surface area contributed by atoms with Crippen LogP contribution in [0.5, 0.6) is 0 Å². The van der Waals surface area contributed by atoms with Gasteiger partial charge in [-0.15, -0.1) is 0 Å². The van der Waals surface area contributed by atoms with Crippen LogP contribution in [0, 0.1) is 0 Å². The van der Waals surface area contributed by atoms with Crippen molar-refractivity contribution >= 4 is 11.8 Å². The number of nitrogens with zero attached hydrogens (tertiary/aromatic N) is 2. The summed E-state index contributed by atoms with van der Waals surface area (Å²) in [4.78, 5) is 16.2. The first-order chi connectivity index (χ1) is 8.39. The van der Waals surface area contributed by atoms with Gasteiger partial charge < -0.3 is 10.0 Å². The fraction of sp³-hybridized carbons (Fsp3) is 0.455. The third-order valence-corrected chi connectivity index (χ3v) is 2.91. The molecule has 1 aromatic heterocycles. The summed E-state index contributed by atoms with van der Waals surface area (Å²) in [6.07, 6.45) is -2.52. The lowest BCUT2D eigenvalue weighted by atomic mass is 10.2. The molecule has 1 saturated heterocycles. The van der Waals surface area contributed by atoms with E-state index in [1.54, 1.807) is 0 Å². The average Bonchev–Trinajstić information content (AvgIpc) is 2.77. The number of hydrogen-bond acceptors (Lipinski definition) is 3. The second-order valence-electron chi connectivity index (χ2n) is 4.09. The van der Waals surface area contributed by atoms with Crippen LogP contribution in [0.1, 0.15) is 18.4 Å². The smallest absolute Gasteiger partial charge is 0.417 e. The summed E-state index contributed by atoms with van der Waals surface area (Å²) < 4.78 is 37.1. The van der Waals surface area contributed by atoms with Crippen molar-refractivity contribution in [2.75, 3.05) is 11.4 Å². The number of anilines is 1. The Kier molecular flexibility index (Phi) is 3.14. The number of hydrogen-bond donors (Lipinski definition) is 1. The first-order valence-electron chi connectivity index (χ1n) is 5.42. The zero-order chi connectivity index (χ0) is 13.3. The second kappa shape index (κ2) is 4.47. The van der Waals surface area contributed by atoms with Crippen LogP contribution in [-0.4, -0.2) is 28.6 Å². The van der Waals surface area contributed by atoms with E-state index in [0.717, 1.165) is 12.3 Å². The van der Waals surface area contributed by atoms with Crippen molar-refractivity contribution in [1.29, 1.82) is 0 Å². The molecule has 7 heteroatoms. The van der Waals surface area contributed by atoms with Gasteiger partial charge in [0.25, 0.3) is 0 Å². The monoisotopic (exact) mass is 260 g/mol. The van der Waals surface area contributed by atoms with Crippen LogP contribution >= 0.6 is 0 Å². The maximum atomic E-state index is 12.4. The van der Waals surface area contributed by atoms with Crippen molar-refractivity contribution in [3.8, 4) is 0 Å². The van der Waals surface area contributed by atoms with Crippen molar-refractivity contribution in [1.82, 2.24) is 4.98 Å². The average molecular weight is 260 g/mol.